The maximum absolute atomic E-state index is 11.8. The number of rotatable bonds is 8. The number of aryl methyl sites for hydroxylation is 1. The van der Waals surface area contributed by atoms with Crippen molar-refractivity contribution < 1.29 is 19.4 Å². The lowest BCUT2D eigenvalue weighted by Crippen LogP contribution is -2.32. The fourth-order valence-corrected chi connectivity index (χ4v) is 2.56. The first-order valence-corrected chi connectivity index (χ1v) is 8.44. The second-order valence-electron chi connectivity index (χ2n) is 5.55. The molecule has 0 aliphatic carbocycles. The molecule has 2 aromatic rings. The minimum atomic E-state index is -0.931. The van der Waals surface area contributed by atoms with Gasteiger partial charge >= 0.3 is 5.97 Å². The van der Waals surface area contributed by atoms with Gasteiger partial charge in [0, 0.05) is 11.9 Å². The van der Waals surface area contributed by atoms with Gasteiger partial charge in [0.05, 0.1) is 18.0 Å². The van der Waals surface area contributed by atoms with E-state index in [1.165, 1.54) is 16.9 Å². The van der Waals surface area contributed by atoms with Crippen molar-refractivity contribution in [3.63, 3.8) is 0 Å². The SMILES string of the molecule is Cc1ccc(OCc2nc(CC(=O)NCC(C)C(=O)O)cs2)cc1. The van der Waals surface area contributed by atoms with Crippen molar-refractivity contribution in [2.45, 2.75) is 26.9 Å². The number of hydrogen-bond acceptors (Lipinski definition) is 5. The maximum atomic E-state index is 11.8. The van der Waals surface area contributed by atoms with Gasteiger partial charge in [-0.05, 0) is 19.1 Å². The summed E-state index contributed by atoms with van der Waals surface area (Å²) in [5.41, 5.74) is 1.82. The molecule has 0 radical (unpaired) electrons. The molecule has 0 fully saturated rings. The second kappa shape index (κ2) is 8.44. The summed E-state index contributed by atoms with van der Waals surface area (Å²) in [4.78, 5) is 26.9. The average molecular weight is 348 g/mol. The topological polar surface area (TPSA) is 88.5 Å². The molecular weight excluding hydrogens is 328 g/mol. The molecule has 0 saturated carbocycles. The Morgan fingerprint density at radius 1 is 1.33 bits per heavy atom. The van der Waals surface area contributed by atoms with Crippen molar-refractivity contribution in [3.05, 3.63) is 45.9 Å². The first-order chi connectivity index (χ1) is 11.4. The zero-order valence-electron chi connectivity index (χ0n) is 13.6. The van der Waals surface area contributed by atoms with Gasteiger partial charge in [-0.25, -0.2) is 4.98 Å². The smallest absolute Gasteiger partial charge is 0.308 e. The maximum Gasteiger partial charge on any atom is 0.308 e. The Morgan fingerprint density at radius 2 is 2.04 bits per heavy atom. The number of carboxylic acid groups (broad SMARTS) is 1. The normalized spacial score (nSPS) is 11.8. The van der Waals surface area contributed by atoms with E-state index >= 15 is 0 Å². The molecule has 1 amide bonds. The Balaban J connectivity index is 1.79. The zero-order valence-corrected chi connectivity index (χ0v) is 14.4. The van der Waals surface area contributed by atoms with Crippen molar-refractivity contribution in [1.82, 2.24) is 10.3 Å². The van der Waals surface area contributed by atoms with E-state index in [-0.39, 0.29) is 18.9 Å². The van der Waals surface area contributed by atoms with E-state index < -0.39 is 11.9 Å². The summed E-state index contributed by atoms with van der Waals surface area (Å²) < 4.78 is 5.65. The number of nitrogens with one attached hydrogen (secondary N) is 1. The van der Waals surface area contributed by atoms with E-state index in [4.69, 9.17) is 9.84 Å². The van der Waals surface area contributed by atoms with Gasteiger partial charge in [-0.15, -0.1) is 11.3 Å². The highest BCUT2D eigenvalue weighted by Gasteiger charge is 2.13. The zero-order chi connectivity index (χ0) is 17.5. The molecule has 1 unspecified atom stereocenters. The van der Waals surface area contributed by atoms with Crippen LogP contribution in [-0.4, -0.2) is 28.5 Å². The monoisotopic (exact) mass is 348 g/mol. The fraction of sp³-hybridized carbons (Fsp3) is 0.353. The van der Waals surface area contributed by atoms with Crippen LogP contribution in [0.5, 0.6) is 5.75 Å². The molecule has 0 saturated heterocycles. The van der Waals surface area contributed by atoms with Crippen LogP contribution in [0.1, 0.15) is 23.2 Å². The lowest BCUT2D eigenvalue weighted by molar-refractivity contribution is -0.141. The number of thiazole rings is 1. The molecule has 2 rings (SSSR count). The minimum Gasteiger partial charge on any atom is -0.486 e. The van der Waals surface area contributed by atoms with Gasteiger partial charge in [-0.3, -0.25) is 9.59 Å². The second-order valence-corrected chi connectivity index (χ2v) is 6.50. The predicted molar refractivity (Wildman–Crippen MR) is 91.1 cm³/mol. The lowest BCUT2D eigenvalue weighted by Gasteiger charge is -2.07. The molecule has 0 spiro atoms. The molecule has 24 heavy (non-hydrogen) atoms. The number of carboxylic acids is 1. The molecule has 1 atom stereocenters. The fourth-order valence-electron chi connectivity index (χ4n) is 1.86. The number of carbonyl (C=O) groups is 2. The third kappa shape index (κ3) is 5.66. The van der Waals surface area contributed by atoms with Crippen LogP contribution in [0, 0.1) is 12.8 Å². The number of ether oxygens (including phenoxy) is 1. The molecule has 0 bridgehead atoms. The highest BCUT2D eigenvalue weighted by Crippen LogP contribution is 2.16. The van der Waals surface area contributed by atoms with Gasteiger partial charge in [0.1, 0.15) is 17.4 Å². The summed E-state index contributed by atoms with van der Waals surface area (Å²) in [5.74, 6) is -1.00. The van der Waals surface area contributed by atoms with Crippen LogP contribution in [0.3, 0.4) is 0 Å². The van der Waals surface area contributed by atoms with Crippen LogP contribution >= 0.6 is 11.3 Å². The summed E-state index contributed by atoms with van der Waals surface area (Å²) in [6.07, 6.45) is 0.132. The van der Waals surface area contributed by atoms with Crippen LogP contribution in [0.25, 0.3) is 0 Å². The lowest BCUT2D eigenvalue weighted by atomic mass is 10.2. The average Bonchev–Trinajstić information content (AvgIpc) is 2.99. The Morgan fingerprint density at radius 3 is 2.71 bits per heavy atom. The summed E-state index contributed by atoms with van der Waals surface area (Å²) >= 11 is 1.43. The first kappa shape index (κ1) is 17.9. The predicted octanol–water partition coefficient (Wildman–Crippen LogP) is 2.41. The van der Waals surface area contributed by atoms with Gasteiger partial charge in [0.15, 0.2) is 0 Å². The Bertz CT molecular complexity index is 697. The standard InChI is InChI=1S/C17H20N2O4S/c1-11-3-5-14(6-4-11)23-9-16-19-13(10-24-16)7-15(20)18-8-12(2)17(21)22/h3-6,10,12H,7-9H2,1-2H3,(H,18,20)(H,21,22). The van der Waals surface area contributed by atoms with Crippen molar-refractivity contribution in [2.75, 3.05) is 6.54 Å². The number of amides is 1. The third-order valence-corrected chi connectivity index (χ3v) is 4.22. The van der Waals surface area contributed by atoms with Gasteiger partial charge in [-0.1, -0.05) is 24.6 Å². The van der Waals surface area contributed by atoms with Crippen molar-refractivity contribution in [3.8, 4) is 5.75 Å². The summed E-state index contributed by atoms with van der Waals surface area (Å²) in [5, 5.41) is 14.0. The summed E-state index contributed by atoms with van der Waals surface area (Å²) in [6.45, 7) is 4.03. The van der Waals surface area contributed by atoms with Gasteiger partial charge in [-0.2, -0.15) is 0 Å². The number of benzene rings is 1. The van der Waals surface area contributed by atoms with E-state index in [1.807, 2.05) is 36.6 Å². The molecule has 0 aliphatic rings. The van der Waals surface area contributed by atoms with Crippen LogP contribution in [-0.2, 0) is 22.6 Å². The van der Waals surface area contributed by atoms with Gasteiger partial charge in [0.2, 0.25) is 5.91 Å². The molecule has 1 aromatic heterocycles. The van der Waals surface area contributed by atoms with Gasteiger partial charge in [0.25, 0.3) is 0 Å². The van der Waals surface area contributed by atoms with E-state index in [9.17, 15) is 9.59 Å². The van der Waals surface area contributed by atoms with Crippen LogP contribution in [0.2, 0.25) is 0 Å². The summed E-state index contributed by atoms with van der Waals surface area (Å²) in [7, 11) is 0. The van der Waals surface area contributed by atoms with Crippen LogP contribution in [0.4, 0.5) is 0 Å². The molecule has 2 N–H and O–H groups in total. The molecule has 0 aliphatic heterocycles. The molecule has 1 aromatic carbocycles. The third-order valence-electron chi connectivity index (χ3n) is 3.35. The van der Waals surface area contributed by atoms with E-state index in [0.29, 0.717) is 12.3 Å². The Labute approximate surface area is 144 Å². The quantitative estimate of drug-likeness (QED) is 0.765. The molecular formula is C17H20N2O4S. The Hall–Kier alpha value is -2.41. The van der Waals surface area contributed by atoms with Crippen molar-refractivity contribution in [1.29, 1.82) is 0 Å². The van der Waals surface area contributed by atoms with E-state index in [1.54, 1.807) is 6.92 Å². The van der Waals surface area contributed by atoms with Crippen LogP contribution in [0.15, 0.2) is 29.6 Å². The number of hydrogen-bond donors (Lipinski definition) is 2. The van der Waals surface area contributed by atoms with Crippen molar-refractivity contribution in [2.24, 2.45) is 5.92 Å². The van der Waals surface area contributed by atoms with E-state index in [2.05, 4.69) is 10.3 Å². The molecule has 6 nitrogen and oxygen atoms in total. The van der Waals surface area contributed by atoms with E-state index in [0.717, 1.165) is 10.8 Å². The van der Waals surface area contributed by atoms with Crippen molar-refractivity contribution >= 4 is 23.2 Å². The molecule has 7 heteroatoms. The summed E-state index contributed by atoms with van der Waals surface area (Å²) in [6, 6.07) is 7.76. The van der Waals surface area contributed by atoms with Gasteiger partial charge < -0.3 is 15.2 Å². The highest BCUT2D eigenvalue weighted by atomic mass is 32.1. The number of carbonyl (C=O) groups excluding carboxylic acids is 1. The molecule has 1 heterocycles. The minimum absolute atomic E-state index is 0.113. The van der Waals surface area contributed by atoms with Crippen LogP contribution < -0.4 is 10.1 Å². The highest BCUT2D eigenvalue weighted by molar-refractivity contribution is 7.09. The molecule has 128 valence electrons. The number of aromatic nitrogens is 1. The first-order valence-electron chi connectivity index (χ1n) is 7.56. The number of aliphatic carboxylic acids is 1. The number of nitrogens with zero attached hydrogens (tertiary/aromatic N) is 1. The Kier molecular flexibility index (Phi) is 6.31. The largest absolute Gasteiger partial charge is 0.486 e.